The van der Waals surface area contributed by atoms with Crippen molar-refractivity contribution in [3.05, 3.63) is 74.8 Å². The zero-order valence-corrected chi connectivity index (χ0v) is 16.3. The number of aromatic nitrogens is 5. The summed E-state index contributed by atoms with van der Waals surface area (Å²) in [5.41, 5.74) is -1.20. The third-order valence-corrected chi connectivity index (χ3v) is 4.99. The van der Waals surface area contributed by atoms with E-state index in [0.717, 1.165) is 26.1 Å². The van der Waals surface area contributed by atoms with Gasteiger partial charge in [-0.1, -0.05) is 29.5 Å². The monoisotopic (exact) mass is 455 g/mol. The first-order chi connectivity index (χ1) is 14.8. The average molecular weight is 455 g/mol. The van der Waals surface area contributed by atoms with Crippen LogP contribution in [0.2, 0.25) is 0 Å². The molecule has 4 aromatic rings. The number of tetrazole rings is 1. The summed E-state index contributed by atoms with van der Waals surface area (Å²) < 4.78 is 75.7. The summed E-state index contributed by atoms with van der Waals surface area (Å²) in [4.78, 5) is 15.9. The van der Waals surface area contributed by atoms with Gasteiger partial charge in [-0.05, 0) is 16.5 Å². The van der Waals surface area contributed by atoms with Gasteiger partial charge in [0.15, 0.2) is 23.3 Å². The van der Waals surface area contributed by atoms with Crippen molar-refractivity contribution in [2.24, 2.45) is 7.05 Å². The van der Waals surface area contributed by atoms with E-state index in [1.54, 1.807) is 24.3 Å². The van der Waals surface area contributed by atoms with E-state index >= 15 is 0 Å². The summed E-state index contributed by atoms with van der Waals surface area (Å²) in [5, 5.41) is 8.41. The molecule has 0 bridgehead atoms. The van der Waals surface area contributed by atoms with Gasteiger partial charge in [0.05, 0.1) is 16.9 Å². The molecular formula is C18H10F5N5O2S. The molecule has 13 heteroatoms. The average Bonchev–Trinajstić information content (AvgIpc) is 3.36. The summed E-state index contributed by atoms with van der Waals surface area (Å²) in [7, 11) is 1.43. The van der Waals surface area contributed by atoms with Crippen LogP contribution in [0.5, 0.6) is 5.19 Å². The lowest BCUT2D eigenvalue weighted by atomic mass is 10.1. The second-order valence-corrected chi connectivity index (χ2v) is 6.98. The normalized spacial score (nSPS) is 11.2. The molecule has 2 heterocycles. The molecule has 0 unspecified atom stereocenters. The quantitative estimate of drug-likeness (QED) is 0.262. The number of para-hydroxylation sites is 1. The van der Waals surface area contributed by atoms with Gasteiger partial charge in [0.2, 0.25) is 5.82 Å². The molecule has 2 aromatic carbocycles. The van der Waals surface area contributed by atoms with Crippen LogP contribution in [0.3, 0.4) is 0 Å². The molecular weight excluding hydrogens is 445 g/mol. The molecule has 0 atom stereocenters. The number of halogens is 5. The Morgan fingerprint density at radius 3 is 2.26 bits per heavy atom. The number of rotatable bonds is 5. The highest BCUT2D eigenvalue weighted by molar-refractivity contribution is 7.11. The highest BCUT2D eigenvalue weighted by Crippen LogP contribution is 2.34. The summed E-state index contributed by atoms with van der Waals surface area (Å²) in [6, 6.07) is 6.61. The summed E-state index contributed by atoms with van der Waals surface area (Å²) in [5.74, 6) is -10.3. The number of hydrogen-bond donors (Lipinski definition) is 0. The Morgan fingerprint density at radius 2 is 1.61 bits per heavy atom. The lowest BCUT2D eigenvalue weighted by molar-refractivity contribution is 0.304. The van der Waals surface area contributed by atoms with Crippen LogP contribution in [0.1, 0.15) is 5.56 Å². The van der Waals surface area contributed by atoms with E-state index in [-0.39, 0.29) is 11.8 Å². The second-order valence-electron chi connectivity index (χ2n) is 6.16. The molecule has 0 amide bonds. The molecule has 0 saturated heterocycles. The standard InChI is InChI=1S/C18H10F5N5O2S/c1-27-18(29)28(26-25-27)10-5-3-2-4-8(10)6-30-17-24-9(7-31-17)11-12(19)14(21)16(23)15(22)13(11)20/h2-5,7H,6H2,1H3. The van der Waals surface area contributed by atoms with Crippen molar-refractivity contribution in [1.29, 1.82) is 0 Å². The minimum absolute atomic E-state index is 0.0831. The van der Waals surface area contributed by atoms with Crippen LogP contribution >= 0.6 is 11.3 Å². The zero-order chi connectivity index (χ0) is 22.3. The predicted molar refractivity (Wildman–Crippen MR) is 98.3 cm³/mol. The Labute approximate surface area is 173 Å². The van der Waals surface area contributed by atoms with E-state index in [1.165, 1.54) is 7.05 Å². The van der Waals surface area contributed by atoms with Crippen LogP contribution in [0.25, 0.3) is 16.9 Å². The van der Waals surface area contributed by atoms with E-state index in [0.29, 0.717) is 11.3 Å². The molecule has 0 N–H and O–H groups in total. The Morgan fingerprint density at radius 1 is 0.968 bits per heavy atom. The third kappa shape index (κ3) is 3.56. The fourth-order valence-corrected chi connectivity index (χ4v) is 3.37. The van der Waals surface area contributed by atoms with Crippen LogP contribution in [0.4, 0.5) is 22.0 Å². The maximum atomic E-state index is 14.0. The fraction of sp³-hybridized carbons (Fsp3) is 0.111. The number of thiazole rings is 1. The largest absolute Gasteiger partial charge is 0.465 e. The van der Waals surface area contributed by atoms with Gasteiger partial charge in [-0.2, -0.15) is 9.36 Å². The van der Waals surface area contributed by atoms with Crippen molar-refractivity contribution < 1.29 is 26.7 Å². The van der Waals surface area contributed by atoms with Gasteiger partial charge in [-0.3, -0.25) is 0 Å². The molecule has 0 spiro atoms. The first-order valence-corrected chi connectivity index (χ1v) is 9.35. The first-order valence-electron chi connectivity index (χ1n) is 8.47. The van der Waals surface area contributed by atoms with Crippen molar-refractivity contribution >= 4 is 11.3 Å². The van der Waals surface area contributed by atoms with Crippen LogP contribution in [0.15, 0.2) is 34.4 Å². The molecule has 2 aromatic heterocycles. The lowest BCUT2D eigenvalue weighted by Crippen LogP contribution is -2.23. The van der Waals surface area contributed by atoms with Gasteiger partial charge in [0, 0.05) is 18.0 Å². The molecule has 31 heavy (non-hydrogen) atoms. The zero-order valence-electron chi connectivity index (χ0n) is 15.4. The van der Waals surface area contributed by atoms with Gasteiger partial charge in [-0.15, -0.1) is 0 Å². The van der Waals surface area contributed by atoms with Crippen LogP contribution in [0, 0.1) is 29.1 Å². The van der Waals surface area contributed by atoms with E-state index in [4.69, 9.17) is 4.74 Å². The minimum atomic E-state index is -2.25. The predicted octanol–water partition coefficient (Wildman–Crippen LogP) is 3.36. The molecule has 0 aliphatic carbocycles. The molecule has 0 aliphatic heterocycles. The highest BCUT2D eigenvalue weighted by Gasteiger charge is 2.28. The number of benzene rings is 2. The van der Waals surface area contributed by atoms with E-state index in [2.05, 4.69) is 15.4 Å². The Hall–Kier alpha value is -3.61. The van der Waals surface area contributed by atoms with Crippen molar-refractivity contribution in [2.75, 3.05) is 0 Å². The van der Waals surface area contributed by atoms with E-state index in [1.807, 2.05) is 0 Å². The van der Waals surface area contributed by atoms with Crippen molar-refractivity contribution in [2.45, 2.75) is 6.61 Å². The lowest BCUT2D eigenvalue weighted by Gasteiger charge is -2.08. The molecule has 0 saturated carbocycles. The molecule has 0 fully saturated rings. The van der Waals surface area contributed by atoms with Crippen LogP contribution in [-0.2, 0) is 13.7 Å². The van der Waals surface area contributed by atoms with Crippen molar-refractivity contribution in [3.63, 3.8) is 0 Å². The maximum Gasteiger partial charge on any atom is 0.368 e. The topological polar surface area (TPSA) is 74.8 Å². The number of nitrogens with zero attached hydrogens (tertiary/aromatic N) is 5. The molecule has 7 nitrogen and oxygen atoms in total. The molecule has 160 valence electrons. The Kier molecular flexibility index (Phi) is 5.27. The SMILES string of the molecule is Cn1nnn(-c2ccccc2COc2nc(-c3c(F)c(F)c(F)c(F)c3F)cs2)c1=O. The highest BCUT2D eigenvalue weighted by atomic mass is 32.1. The summed E-state index contributed by atoms with van der Waals surface area (Å²) in [6.45, 7) is -0.122. The third-order valence-electron chi connectivity index (χ3n) is 4.24. The van der Waals surface area contributed by atoms with Crippen LogP contribution in [-0.4, -0.2) is 24.8 Å². The first kappa shape index (κ1) is 20.7. The Bertz CT molecular complexity index is 1320. The summed E-state index contributed by atoms with van der Waals surface area (Å²) >= 11 is 0.800. The van der Waals surface area contributed by atoms with E-state index < -0.39 is 46.0 Å². The maximum absolute atomic E-state index is 14.0. The molecule has 4 rings (SSSR count). The van der Waals surface area contributed by atoms with Crippen molar-refractivity contribution in [1.82, 2.24) is 24.8 Å². The minimum Gasteiger partial charge on any atom is -0.465 e. The Balaban J connectivity index is 1.62. The van der Waals surface area contributed by atoms with Crippen LogP contribution < -0.4 is 10.4 Å². The fourth-order valence-electron chi connectivity index (χ4n) is 2.71. The van der Waals surface area contributed by atoms with E-state index in [9.17, 15) is 26.7 Å². The van der Waals surface area contributed by atoms with Gasteiger partial charge in [-0.25, -0.2) is 31.7 Å². The summed E-state index contributed by atoms with van der Waals surface area (Å²) in [6.07, 6.45) is 0. The van der Waals surface area contributed by atoms with Crippen molar-refractivity contribution in [3.8, 4) is 22.1 Å². The molecule has 0 radical (unpaired) electrons. The smallest absolute Gasteiger partial charge is 0.368 e. The van der Waals surface area contributed by atoms with Gasteiger partial charge in [0.1, 0.15) is 6.61 Å². The van der Waals surface area contributed by atoms with Gasteiger partial charge in [0.25, 0.3) is 5.19 Å². The number of hydrogen-bond acceptors (Lipinski definition) is 6. The molecule has 0 aliphatic rings. The number of ether oxygens (including phenoxy) is 1. The second kappa shape index (κ2) is 7.91. The van der Waals surface area contributed by atoms with Gasteiger partial charge < -0.3 is 4.74 Å². The number of aryl methyl sites for hydroxylation is 1. The van der Waals surface area contributed by atoms with Gasteiger partial charge >= 0.3 is 5.69 Å².